The maximum Gasteiger partial charge on any atom is 0.308 e. The van der Waals surface area contributed by atoms with E-state index in [2.05, 4.69) is 13.8 Å². The minimum Gasteiger partial charge on any atom is -0.469 e. The standard InChI is InChI=1S/C35H70O2/c1-4-6-8-10-12-14-16-18-20-22-24-26-28-30-32-34(35(36)37-3)33-31-29-27-25-23-21-19-17-15-13-11-9-7-5-2/h34H,4-33H2,1-3H3/i3D3. The zero-order chi connectivity index (χ0) is 29.6. The molecule has 0 fully saturated rings. The zero-order valence-corrected chi connectivity index (χ0v) is 25.6. The van der Waals surface area contributed by atoms with Crippen LogP contribution in [0.15, 0.2) is 0 Å². The van der Waals surface area contributed by atoms with Gasteiger partial charge in [-0.3, -0.25) is 4.79 Å². The average molecular weight is 526 g/mol. The fourth-order valence-corrected chi connectivity index (χ4v) is 5.63. The monoisotopic (exact) mass is 526 g/mol. The van der Waals surface area contributed by atoms with Crippen LogP contribution < -0.4 is 0 Å². The van der Waals surface area contributed by atoms with Crippen molar-refractivity contribution in [2.45, 2.75) is 206 Å². The van der Waals surface area contributed by atoms with Gasteiger partial charge in [-0.15, -0.1) is 0 Å². The van der Waals surface area contributed by atoms with E-state index in [0.717, 1.165) is 38.5 Å². The molecule has 0 saturated carbocycles. The van der Waals surface area contributed by atoms with Crippen molar-refractivity contribution in [3.8, 4) is 0 Å². The number of hydrogen-bond acceptors (Lipinski definition) is 2. The molecule has 0 aromatic heterocycles. The van der Waals surface area contributed by atoms with Crippen LogP contribution in [0, 0.1) is 5.92 Å². The van der Waals surface area contributed by atoms with Crippen molar-refractivity contribution in [2.75, 3.05) is 7.04 Å². The van der Waals surface area contributed by atoms with E-state index in [0.29, 0.717) is 0 Å². The van der Waals surface area contributed by atoms with Crippen LogP contribution in [0.2, 0.25) is 0 Å². The third kappa shape index (κ3) is 28.3. The SMILES string of the molecule is [2H]C([2H])([2H])OC(=O)C(CCCCCCCCCCCCCCCC)CCCCCCCCCCCCCCCC. The Morgan fingerprint density at radius 3 is 0.946 bits per heavy atom. The van der Waals surface area contributed by atoms with E-state index in [-0.39, 0.29) is 5.92 Å². The molecule has 0 rings (SSSR count). The highest BCUT2D eigenvalue weighted by molar-refractivity contribution is 5.72. The van der Waals surface area contributed by atoms with Gasteiger partial charge in [-0.05, 0) is 12.8 Å². The first-order valence-electron chi connectivity index (χ1n) is 18.6. The molecule has 0 aliphatic heterocycles. The molecule has 0 aliphatic carbocycles. The summed E-state index contributed by atoms with van der Waals surface area (Å²) in [6, 6.07) is 0. The fourth-order valence-electron chi connectivity index (χ4n) is 5.63. The Labute approximate surface area is 239 Å². The lowest BCUT2D eigenvalue weighted by Crippen LogP contribution is -2.16. The molecule has 0 N–H and O–H groups in total. The number of carbonyl (C=O) groups excluding carboxylic acids is 1. The Morgan fingerprint density at radius 1 is 0.459 bits per heavy atom. The molecule has 0 aromatic carbocycles. The highest BCUT2D eigenvalue weighted by Gasteiger charge is 2.18. The largest absolute Gasteiger partial charge is 0.469 e. The van der Waals surface area contributed by atoms with Gasteiger partial charge < -0.3 is 4.74 Å². The normalized spacial score (nSPS) is 13.0. The molecular weight excluding hydrogens is 452 g/mol. The van der Waals surface area contributed by atoms with Crippen molar-refractivity contribution in [2.24, 2.45) is 5.92 Å². The van der Waals surface area contributed by atoms with E-state index in [9.17, 15) is 4.79 Å². The van der Waals surface area contributed by atoms with Gasteiger partial charge in [0.05, 0.1) is 17.1 Å². The Kier molecular flexibility index (Phi) is 26.6. The van der Waals surface area contributed by atoms with E-state index >= 15 is 0 Å². The smallest absolute Gasteiger partial charge is 0.308 e. The molecule has 0 unspecified atom stereocenters. The molecule has 0 heterocycles. The van der Waals surface area contributed by atoms with E-state index in [1.54, 1.807) is 0 Å². The molecule has 2 nitrogen and oxygen atoms in total. The molecule has 222 valence electrons. The van der Waals surface area contributed by atoms with E-state index in [1.165, 1.54) is 154 Å². The van der Waals surface area contributed by atoms with Crippen LogP contribution in [0.25, 0.3) is 0 Å². The third-order valence-electron chi connectivity index (χ3n) is 8.25. The summed E-state index contributed by atoms with van der Waals surface area (Å²) < 4.78 is 26.8. The molecule has 0 amide bonds. The van der Waals surface area contributed by atoms with Crippen molar-refractivity contribution < 1.29 is 13.6 Å². The second-order valence-electron chi connectivity index (χ2n) is 11.9. The Bertz CT molecular complexity index is 489. The van der Waals surface area contributed by atoms with Crippen LogP contribution in [0.4, 0.5) is 0 Å². The summed E-state index contributed by atoms with van der Waals surface area (Å²) in [7, 11) is -2.62. The molecule has 0 bridgehead atoms. The van der Waals surface area contributed by atoms with Crippen molar-refractivity contribution in [1.82, 2.24) is 0 Å². The van der Waals surface area contributed by atoms with Crippen LogP contribution in [0.3, 0.4) is 0 Å². The van der Waals surface area contributed by atoms with Gasteiger partial charge in [0.1, 0.15) is 0 Å². The maximum absolute atomic E-state index is 12.5. The Balaban J connectivity index is 3.83. The molecule has 0 saturated heterocycles. The second-order valence-corrected chi connectivity index (χ2v) is 11.9. The van der Waals surface area contributed by atoms with Gasteiger partial charge in [0, 0.05) is 0 Å². The van der Waals surface area contributed by atoms with Crippen molar-refractivity contribution >= 4 is 5.97 Å². The summed E-state index contributed by atoms with van der Waals surface area (Å²) in [4.78, 5) is 12.5. The van der Waals surface area contributed by atoms with Gasteiger partial charge >= 0.3 is 5.97 Å². The molecule has 2 heteroatoms. The highest BCUT2D eigenvalue weighted by Crippen LogP contribution is 2.21. The molecule has 0 spiro atoms. The van der Waals surface area contributed by atoms with Crippen molar-refractivity contribution in [1.29, 1.82) is 0 Å². The summed E-state index contributed by atoms with van der Waals surface area (Å²) in [5, 5.41) is 0. The fraction of sp³-hybridized carbons (Fsp3) is 0.971. The van der Waals surface area contributed by atoms with Crippen LogP contribution in [0.1, 0.15) is 211 Å². The van der Waals surface area contributed by atoms with Crippen LogP contribution in [-0.4, -0.2) is 13.0 Å². The number of methoxy groups -OCH3 is 1. The minimum atomic E-state index is -2.62. The molecule has 0 atom stereocenters. The summed E-state index contributed by atoms with van der Waals surface area (Å²) in [6.07, 6.45) is 38.3. The minimum absolute atomic E-state index is 0.255. The number of hydrogen-bond donors (Lipinski definition) is 0. The number of ether oxygens (including phenoxy) is 1. The topological polar surface area (TPSA) is 26.3 Å². The summed E-state index contributed by atoms with van der Waals surface area (Å²) >= 11 is 0. The highest BCUT2D eigenvalue weighted by atomic mass is 16.5. The first kappa shape index (κ1) is 31.0. The number of rotatable bonds is 31. The van der Waals surface area contributed by atoms with Gasteiger partial charge in [-0.1, -0.05) is 194 Å². The van der Waals surface area contributed by atoms with Gasteiger partial charge in [-0.25, -0.2) is 0 Å². The van der Waals surface area contributed by atoms with Crippen LogP contribution >= 0.6 is 0 Å². The molecular formula is C35H70O2. The Morgan fingerprint density at radius 2 is 0.703 bits per heavy atom. The summed E-state index contributed by atoms with van der Waals surface area (Å²) in [6.45, 7) is 4.54. The average Bonchev–Trinajstić information content (AvgIpc) is 2.91. The van der Waals surface area contributed by atoms with E-state index in [1.807, 2.05) is 0 Å². The first-order chi connectivity index (χ1) is 19.4. The lowest BCUT2D eigenvalue weighted by atomic mass is 9.94. The lowest BCUT2D eigenvalue weighted by Gasteiger charge is -2.14. The van der Waals surface area contributed by atoms with Gasteiger partial charge in [0.25, 0.3) is 0 Å². The second kappa shape index (κ2) is 31.7. The molecule has 37 heavy (non-hydrogen) atoms. The number of esters is 1. The Hall–Kier alpha value is -0.530. The summed E-state index contributed by atoms with van der Waals surface area (Å²) in [5.74, 6) is -0.764. The molecule has 0 aliphatic rings. The third-order valence-corrected chi connectivity index (χ3v) is 8.25. The van der Waals surface area contributed by atoms with E-state index < -0.39 is 13.0 Å². The van der Waals surface area contributed by atoms with Crippen LogP contribution in [-0.2, 0) is 9.53 Å². The number of unbranched alkanes of at least 4 members (excludes halogenated alkanes) is 26. The maximum atomic E-state index is 12.5. The summed E-state index contributed by atoms with van der Waals surface area (Å²) in [5.41, 5.74) is 0. The van der Waals surface area contributed by atoms with Gasteiger partial charge in [0.2, 0.25) is 0 Å². The molecule has 0 radical (unpaired) electrons. The predicted octanol–water partition coefficient (Wildman–Crippen LogP) is 12.5. The van der Waals surface area contributed by atoms with Crippen LogP contribution in [0.5, 0.6) is 0 Å². The number of carbonyl (C=O) groups is 1. The quantitative estimate of drug-likeness (QED) is 0.0664. The van der Waals surface area contributed by atoms with Gasteiger partial charge in [-0.2, -0.15) is 0 Å². The first-order valence-corrected chi connectivity index (χ1v) is 17.1. The lowest BCUT2D eigenvalue weighted by molar-refractivity contribution is -0.146. The zero-order valence-electron chi connectivity index (χ0n) is 28.6. The predicted molar refractivity (Wildman–Crippen MR) is 165 cm³/mol. The van der Waals surface area contributed by atoms with Gasteiger partial charge in [0.15, 0.2) is 0 Å². The van der Waals surface area contributed by atoms with Crippen molar-refractivity contribution in [3.05, 3.63) is 0 Å². The molecule has 0 aromatic rings. The van der Waals surface area contributed by atoms with Crippen molar-refractivity contribution in [3.63, 3.8) is 0 Å². The van der Waals surface area contributed by atoms with E-state index in [4.69, 9.17) is 8.85 Å².